The Bertz CT molecular complexity index is 886. The van der Waals surface area contributed by atoms with E-state index >= 15 is 0 Å². The molecule has 0 saturated carbocycles. The van der Waals surface area contributed by atoms with Gasteiger partial charge in [-0.05, 0) is 37.1 Å². The minimum Gasteiger partial charge on any atom is -0.387 e. The quantitative estimate of drug-likeness (QED) is 0.682. The number of carbonyl (C=O) groups excluding carboxylic acids is 1. The summed E-state index contributed by atoms with van der Waals surface area (Å²) in [6.07, 6.45) is 2.73. The van der Waals surface area contributed by atoms with Crippen LogP contribution in [0.4, 0.5) is 5.82 Å². The number of benzene rings is 1. The van der Waals surface area contributed by atoms with Crippen molar-refractivity contribution in [2.45, 2.75) is 37.5 Å². The van der Waals surface area contributed by atoms with E-state index in [-0.39, 0.29) is 18.0 Å². The zero-order valence-electron chi connectivity index (χ0n) is 17.3. The molecule has 2 heterocycles. The lowest BCUT2D eigenvalue weighted by atomic mass is 9.97. The van der Waals surface area contributed by atoms with E-state index in [1.807, 2.05) is 31.3 Å². The van der Waals surface area contributed by atoms with Gasteiger partial charge in [0.2, 0.25) is 0 Å². The Balaban J connectivity index is 1.54. The Kier molecular flexibility index (Phi) is 6.34. The van der Waals surface area contributed by atoms with Gasteiger partial charge in [0, 0.05) is 36.8 Å². The van der Waals surface area contributed by atoms with Crippen molar-refractivity contribution in [1.29, 1.82) is 0 Å². The SMILES string of the molecule is CNC(C=O)C(c1ccc(Cl)cc1)N1CCN(c2ncnc3c2[C@H](C)C[C@H]3O)CC1. The number of nitrogens with one attached hydrogen (secondary N) is 1. The third-order valence-corrected chi connectivity index (χ3v) is 6.57. The van der Waals surface area contributed by atoms with Gasteiger partial charge in [0.05, 0.1) is 23.9 Å². The maximum absolute atomic E-state index is 11.8. The van der Waals surface area contributed by atoms with Crippen molar-refractivity contribution < 1.29 is 9.90 Å². The van der Waals surface area contributed by atoms with Crippen molar-refractivity contribution in [1.82, 2.24) is 20.2 Å². The summed E-state index contributed by atoms with van der Waals surface area (Å²) in [4.78, 5) is 25.3. The summed E-state index contributed by atoms with van der Waals surface area (Å²) in [5.74, 6) is 1.18. The fraction of sp³-hybridized carbons (Fsp3) is 0.500. The van der Waals surface area contributed by atoms with E-state index in [0.29, 0.717) is 11.4 Å². The van der Waals surface area contributed by atoms with Crippen molar-refractivity contribution in [2.24, 2.45) is 0 Å². The van der Waals surface area contributed by atoms with Crippen LogP contribution in [-0.4, -0.2) is 65.5 Å². The highest BCUT2D eigenvalue weighted by atomic mass is 35.5. The Labute approximate surface area is 182 Å². The van der Waals surface area contributed by atoms with E-state index in [0.717, 1.165) is 55.1 Å². The van der Waals surface area contributed by atoms with Crippen LogP contribution in [0.2, 0.25) is 5.02 Å². The molecule has 0 amide bonds. The zero-order chi connectivity index (χ0) is 21.3. The second-order valence-corrected chi connectivity index (χ2v) is 8.56. The Morgan fingerprint density at radius 3 is 2.53 bits per heavy atom. The summed E-state index contributed by atoms with van der Waals surface area (Å²) >= 11 is 6.07. The number of hydrogen-bond donors (Lipinski definition) is 2. The number of anilines is 1. The summed E-state index contributed by atoms with van der Waals surface area (Å²) in [7, 11) is 1.81. The summed E-state index contributed by atoms with van der Waals surface area (Å²) in [6.45, 7) is 5.32. The predicted molar refractivity (Wildman–Crippen MR) is 117 cm³/mol. The van der Waals surface area contributed by atoms with Crippen LogP contribution in [-0.2, 0) is 4.79 Å². The van der Waals surface area contributed by atoms with Crippen molar-refractivity contribution in [3.05, 3.63) is 52.4 Å². The number of hydrogen-bond acceptors (Lipinski definition) is 7. The molecule has 0 radical (unpaired) electrons. The molecular weight excluding hydrogens is 402 g/mol. The number of rotatable bonds is 6. The molecule has 2 unspecified atom stereocenters. The van der Waals surface area contributed by atoms with Crippen molar-refractivity contribution in [2.75, 3.05) is 38.1 Å². The van der Waals surface area contributed by atoms with E-state index < -0.39 is 6.10 Å². The van der Waals surface area contributed by atoms with Crippen LogP contribution >= 0.6 is 11.6 Å². The first-order valence-corrected chi connectivity index (χ1v) is 10.8. The summed E-state index contributed by atoms with van der Waals surface area (Å²) in [5.41, 5.74) is 2.91. The average Bonchev–Trinajstić information content (AvgIpc) is 3.07. The number of halogens is 1. The van der Waals surface area contributed by atoms with E-state index in [4.69, 9.17) is 11.6 Å². The van der Waals surface area contributed by atoms with Gasteiger partial charge in [0.25, 0.3) is 0 Å². The molecule has 1 aliphatic carbocycles. The molecule has 0 spiro atoms. The maximum atomic E-state index is 11.8. The van der Waals surface area contributed by atoms with Crippen molar-refractivity contribution in [3.63, 3.8) is 0 Å². The first-order chi connectivity index (χ1) is 14.5. The van der Waals surface area contributed by atoms with Gasteiger partial charge in [-0.1, -0.05) is 30.7 Å². The van der Waals surface area contributed by atoms with Crippen LogP contribution in [0.5, 0.6) is 0 Å². The number of nitrogens with zero attached hydrogens (tertiary/aromatic N) is 4. The topological polar surface area (TPSA) is 81.6 Å². The Hall–Kier alpha value is -2.06. The minimum absolute atomic E-state index is 0.0659. The second-order valence-electron chi connectivity index (χ2n) is 8.12. The smallest absolute Gasteiger partial charge is 0.138 e. The molecule has 4 atom stereocenters. The number of aliphatic hydroxyl groups is 1. The number of aldehydes is 1. The molecule has 1 aliphatic heterocycles. The van der Waals surface area contributed by atoms with Crippen LogP contribution in [0.1, 0.15) is 48.2 Å². The van der Waals surface area contributed by atoms with Gasteiger partial charge in [-0.25, -0.2) is 9.97 Å². The number of piperazine rings is 1. The number of likely N-dealkylation sites (N-methyl/N-ethyl adjacent to an activating group) is 1. The molecule has 8 heteroatoms. The van der Waals surface area contributed by atoms with Gasteiger partial charge in [0.1, 0.15) is 18.4 Å². The zero-order valence-corrected chi connectivity index (χ0v) is 18.1. The van der Waals surface area contributed by atoms with Gasteiger partial charge >= 0.3 is 0 Å². The van der Waals surface area contributed by atoms with Crippen LogP contribution in [0.15, 0.2) is 30.6 Å². The lowest BCUT2D eigenvalue weighted by molar-refractivity contribution is -0.111. The molecule has 1 aromatic heterocycles. The molecule has 7 nitrogen and oxygen atoms in total. The average molecular weight is 430 g/mol. The van der Waals surface area contributed by atoms with Crippen molar-refractivity contribution in [3.8, 4) is 0 Å². The highest BCUT2D eigenvalue weighted by Crippen LogP contribution is 2.43. The fourth-order valence-corrected chi connectivity index (χ4v) is 4.90. The van der Waals surface area contributed by atoms with Gasteiger partial charge in [-0.2, -0.15) is 0 Å². The lowest BCUT2D eigenvalue weighted by Gasteiger charge is -2.42. The number of carbonyl (C=O) groups is 1. The fourth-order valence-electron chi connectivity index (χ4n) is 4.77. The Morgan fingerprint density at radius 2 is 1.90 bits per heavy atom. The van der Waals surface area contributed by atoms with E-state index in [1.165, 1.54) is 0 Å². The molecule has 2 N–H and O–H groups in total. The molecule has 30 heavy (non-hydrogen) atoms. The third kappa shape index (κ3) is 3.95. The molecule has 2 aromatic rings. The standard InChI is InChI=1S/C22H28ClN5O2/c1-14-11-18(30)20-19(14)22(26-13-25-20)28-9-7-27(8-10-28)21(17(12-29)24-2)15-3-5-16(23)6-4-15/h3-6,12-14,17-18,21,24,30H,7-11H2,1-2H3/t14-,17?,18-,21?/m1/s1. The van der Waals surface area contributed by atoms with Crippen LogP contribution < -0.4 is 10.2 Å². The normalized spacial score (nSPS) is 23.8. The maximum Gasteiger partial charge on any atom is 0.138 e. The highest BCUT2D eigenvalue weighted by molar-refractivity contribution is 6.30. The van der Waals surface area contributed by atoms with E-state index in [2.05, 4.69) is 32.0 Å². The highest BCUT2D eigenvalue weighted by Gasteiger charge is 2.35. The summed E-state index contributed by atoms with van der Waals surface area (Å²) in [6, 6.07) is 7.35. The lowest BCUT2D eigenvalue weighted by Crippen LogP contribution is -2.52. The number of aliphatic hydroxyl groups excluding tert-OH is 1. The molecule has 2 aliphatic rings. The summed E-state index contributed by atoms with van der Waals surface area (Å²) < 4.78 is 0. The number of fused-ring (bicyclic) bond motifs is 1. The Morgan fingerprint density at radius 1 is 1.20 bits per heavy atom. The number of aromatic nitrogens is 2. The first-order valence-electron chi connectivity index (χ1n) is 10.4. The molecule has 160 valence electrons. The molecule has 1 aromatic carbocycles. The largest absolute Gasteiger partial charge is 0.387 e. The van der Waals surface area contributed by atoms with Gasteiger partial charge < -0.3 is 20.1 Å². The van der Waals surface area contributed by atoms with Crippen LogP contribution in [0, 0.1) is 0 Å². The molecular formula is C22H28ClN5O2. The van der Waals surface area contributed by atoms with Gasteiger partial charge in [0.15, 0.2) is 0 Å². The van der Waals surface area contributed by atoms with E-state index in [1.54, 1.807) is 6.33 Å². The monoisotopic (exact) mass is 429 g/mol. The molecule has 1 saturated heterocycles. The summed E-state index contributed by atoms with van der Waals surface area (Å²) in [5, 5.41) is 14.1. The molecule has 0 bridgehead atoms. The van der Waals surface area contributed by atoms with Gasteiger partial charge in [-0.15, -0.1) is 0 Å². The van der Waals surface area contributed by atoms with Crippen LogP contribution in [0.3, 0.4) is 0 Å². The molecule has 1 fully saturated rings. The minimum atomic E-state index is -0.503. The molecule has 4 rings (SSSR count). The van der Waals surface area contributed by atoms with Gasteiger partial charge in [-0.3, -0.25) is 4.90 Å². The van der Waals surface area contributed by atoms with Crippen molar-refractivity contribution >= 4 is 23.7 Å². The second kappa shape index (κ2) is 8.98. The van der Waals surface area contributed by atoms with Crippen LogP contribution in [0.25, 0.3) is 0 Å². The third-order valence-electron chi connectivity index (χ3n) is 6.32. The van der Waals surface area contributed by atoms with E-state index in [9.17, 15) is 9.90 Å². The first kappa shape index (κ1) is 21.2. The predicted octanol–water partition coefficient (Wildman–Crippen LogP) is 2.32.